The highest BCUT2D eigenvalue weighted by Crippen LogP contribution is 2.11. The second kappa shape index (κ2) is 6.35. The van der Waals surface area contributed by atoms with Crippen molar-refractivity contribution < 1.29 is 4.79 Å². The minimum atomic E-state index is 0.0903. The molecule has 1 aromatic rings. The molecular formula is C13H21N3O. The van der Waals surface area contributed by atoms with Crippen molar-refractivity contribution in [1.29, 1.82) is 0 Å². The maximum absolute atomic E-state index is 11.4. The molecule has 94 valence electrons. The molecule has 0 spiro atoms. The summed E-state index contributed by atoms with van der Waals surface area (Å²) in [5.41, 5.74) is 1.59. The van der Waals surface area contributed by atoms with E-state index >= 15 is 0 Å². The van der Waals surface area contributed by atoms with Crippen LogP contribution in [-0.2, 0) is 0 Å². The van der Waals surface area contributed by atoms with E-state index < -0.39 is 0 Å². The second-order valence-electron chi connectivity index (χ2n) is 4.40. The quantitative estimate of drug-likeness (QED) is 0.703. The minimum absolute atomic E-state index is 0.0903. The Morgan fingerprint density at radius 2 is 1.94 bits per heavy atom. The van der Waals surface area contributed by atoms with Crippen LogP contribution in [0.4, 0.5) is 5.69 Å². The maximum atomic E-state index is 11.4. The lowest BCUT2D eigenvalue weighted by atomic mass is 10.2. The van der Waals surface area contributed by atoms with E-state index in [9.17, 15) is 4.79 Å². The van der Waals surface area contributed by atoms with Crippen molar-refractivity contribution in [3.63, 3.8) is 0 Å². The van der Waals surface area contributed by atoms with Gasteiger partial charge in [0.25, 0.3) is 0 Å². The molecule has 0 aliphatic heterocycles. The topological polar surface area (TPSA) is 36.4 Å². The Morgan fingerprint density at radius 3 is 2.41 bits per heavy atom. The van der Waals surface area contributed by atoms with Gasteiger partial charge in [-0.1, -0.05) is 6.92 Å². The van der Waals surface area contributed by atoms with E-state index in [1.54, 1.807) is 12.3 Å². The van der Waals surface area contributed by atoms with E-state index in [2.05, 4.69) is 28.9 Å². The van der Waals surface area contributed by atoms with Crippen molar-refractivity contribution in [1.82, 2.24) is 9.88 Å². The van der Waals surface area contributed by atoms with E-state index in [4.69, 9.17) is 0 Å². The van der Waals surface area contributed by atoms with Gasteiger partial charge in [0.05, 0.1) is 11.9 Å². The standard InChI is InChI=1S/C13H21N3O/c1-5-13(17)12-7-6-11(10-14-12)16(4)9-8-15(2)3/h6-7,10H,5,8-9H2,1-4H3. The fraction of sp³-hybridized carbons (Fsp3) is 0.538. The molecule has 1 heterocycles. The Hall–Kier alpha value is -1.42. The van der Waals surface area contributed by atoms with Crippen LogP contribution in [0.15, 0.2) is 18.3 Å². The van der Waals surface area contributed by atoms with Gasteiger partial charge in [-0.2, -0.15) is 0 Å². The van der Waals surface area contributed by atoms with E-state index in [-0.39, 0.29) is 5.78 Å². The van der Waals surface area contributed by atoms with Gasteiger partial charge in [0.1, 0.15) is 5.69 Å². The van der Waals surface area contributed by atoms with Gasteiger partial charge in [0, 0.05) is 26.6 Å². The molecular weight excluding hydrogens is 214 g/mol. The van der Waals surface area contributed by atoms with E-state index in [1.807, 2.05) is 20.0 Å². The number of Topliss-reactive ketones (excluding diaryl/α,β-unsaturated/α-hetero) is 1. The predicted octanol–water partition coefficient (Wildman–Crippen LogP) is 1.67. The molecule has 0 aliphatic carbocycles. The summed E-state index contributed by atoms with van der Waals surface area (Å²) >= 11 is 0. The third-order valence-electron chi connectivity index (χ3n) is 2.68. The number of rotatable bonds is 6. The number of carbonyl (C=O) groups excluding carboxylic acids is 1. The number of anilines is 1. The summed E-state index contributed by atoms with van der Waals surface area (Å²) in [6, 6.07) is 3.75. The maximum Gasteiger partial charge on any atom is 0.180 e. The lowest BCUT2D eigenvalue weighted by molar-refractivity contribution is 0.0983. The van der Waals surface area contributed by atoms with Crippen LogP contribution in [0.25, 0.3) is 0 Å². The second-order valence-corrected chi connectivity index (χ2v) is 4.40. The summed E-state index contributed by atoms with van der Waals surface area (Å²) in [5, 5.41) is 0. The van der Waals surface area contributed by atoms with E-state index in [0.29, 0.717) is 12.1 Å². The summed E-state index contributed by atoms with van der Waals surface area (Å²) in [7, 11) is 6.13. The monoisotopic (exact) mass is 235 g/mol. The first-order chi connectivity index (χ1) is 8.04. The number of pyridine rings is 1. The smallest absolute Gasteiger partial charge is 0.180 e. The van der Waals surface area contributed by atoms with Crippen molar-refractivity contribution >= 4 is 11.5 Å². The molecule has 0 N–H and O–H groups in total. The number of aromatic nitrogens is 1. The molecule has 0 radical (unpaired) electrons. The molecule has 1 aromatic heterocycles. The Balaban J connectivity index is 2.63. The molecule has 0 amide bonds. The van der Waals surface area contributed by atoms with Gasteiger partial charge in [-0.3, -0.25) is 9.78 Å². The molecule has 4 nitrogen and oxygen atoms in total. The first-order valence-corrected chi connectivity index (χ1v) is 5.89. The first-order valence-electron chi connectivity index (χ1n) is 5.89. The Kier molecular flexibility index (Phi) is 5.10. The fourth-order valence-electron chi connectivity index (χ4n) is 1.44. The van der Waals surface area contributed by atoms with Crippen molar-refractivity contribution in [2.75, 3.05) is 39.1 Å². The van der Waals surface area contributed by atoms with Gasteiger partial charge in [0.2, 0.25) is 0 Å². The van der Waals surface area contributed by atoms with Crippen LogP contribution in [0.3, 0.4) is 0 Å². The zero-order chi connectivity index (χ0) is 12.8. The van der Waals surface area contributed by atoms with E-state index in [1.165, 1.54) is 0 Å². The largest absolute Gasteiger partial charge is 0.372 e. The average molecular weight is 235 g/mol. The van der Waals surface area contributed by atoms with Crippen molar-refractivity contribution in [2.45, 2.75) is 13.3 Å². The molecule has 0 bridgehead atoms. The SMILES string of the molecule is CCC(=O)c1ccc(N(C)CCN(C)C)cn1. The zero-order valence-corrected chi connectivity index (χ0v) is 11.1. The molecule has 0 unspecified atom stereocenters. The minimum Gasteiger partial charge on any atom is -0.372 e. The van der Waals surface area contributed by atoms with E-state index in [0.717, 1.165) is 18.8 Å². The van der Waals surface area contributed by atoms with Crippen LogP contribution >= 0.6 is 0 Å². The number of likely N-dealkylation sites (N-methyl/N-ethyl adjacent to an activating group) is 2. The number of hydrogen-bond acceptors (Lipinski definition) is 4. The molecule has 0 aliphatic rings. The lowest BCUT2D eigenvalue weighted by Crippen LogP contribution is -2.28. The van der Waals surface area contributed by atoms with Crippen LogP contribution in [0.2, 0.25) is 0 Å². The molecule has 0 atom stereocenters. The Morgan fingerprint density at radius 1 is 1.24 bits per heavy atom. The normalized spacial score (nSPS) is 10.6. The zero-order valence-electron chi connectivity index (χ0n) is 11.1. The van der Waals surface area contributed by atoms with Gasteiger partial charge in [0.15, 0.2) is 5.78 Å². The van der Waals surface area contributed by atoms with Crippen LogP contribution in [-0.4, -0.2) is 49.9 Å². The van der Waals surface area contributed by atoms with Crippen molar-refractivity contribution in [3.8, 4) is 0 Å². The molecule has 4 heteroatoms. The average Bonchev–Trinajstić information content (AvgIpc) is 2.35. The summed E-state index contributed by atoms with van der Waals surface area (Å²) < 4.78 is 0. The number of ketones is 1. The summed E-state index contributed by atoms with van der Waals surface area (Å²) in [4.78, 5) is 19.9. The molecule has 1 rings (SSSR count). The van der Waals surface area contributed by atoms with Gasteiger partial charge < -0.3 is 9.80 Å². The molecule has 0 fully saturated rings. The molecule has 17 heavy (non-hydrogen) atoms. The summed E-state index contributed by atoms with van der Waals surface area (Å²) in [6.07, 6.45) is 2.27. The van der Waals surface area contributed by atoms with Crippen LogP contribution in [0.5, 0.6) is 0 Å². The first kappa shape index (κ1) is 13.6. The van der Waals surface area contributed by atoms with Crippen LogP contribution in [0, 0.1) is 0 Å². The lowest BCUT2D eigenvalue weighted by Gasteiger charge is -2.21. The molecule has 0 saturated carbocycles. The number of hydrogen-bond donors (Lipinski definition) is 0. The fourth-order valence-corrected chi connectivity index (χ4v) is 1.44. The molecule has 0 saturated heterocycles. The highest BCUT2D eigenvalue weighted by atomic mass is 16.1. The van der Waals surface area contributed by atoms with Gasteiger partial charge in [-0.05, 0) is 26.2 Å². The van der Waals surface area contributed by atoms with Crippen molar-refractivity contribution in [2.24, 2.45) is 0 Å². The van der Waals surface area contributed by atoms with Crippen molar-refractivity contribution in [3.05, 3.63) is 24.0 Å². The third kappa shape index (κ3) is 4.15. The Labute approximate surface area is 103 Å². The highest BCUT2D eigenvalue weighted by Gasteiger charge is 2.06. The molecule has 0 aromatic carbocycles. The summed E-state index contributed by atoms with van der Waals surface area (Å²) in [5.74, 6) is 0.0903. The van der Waals surface area contributed by atoms with Gasteiger partial charge in [-0.25, -0.2) is 0 Å². The summed E-state index contributed by atoms with van der Waals surface area (Å²) in [6.45, 7) is 3.78. The number of nitrogens with zero attached hydrogens (tertiary/aromatic N) is 3. The number of carbonyl (C=O) groups is 1. The van der Waals surface area contributed by atoms with Crippen LogP contribution < -0.4 is 4.90 Å². The third-order valence-corrected chi connectivity index (χ3v) is 2.68. The van der Waals surface area contributed by atoms with Crippen LogP contribution in [0.1, 0.15) is 23.8 Å². The van der Waals surface area contributed by atoms with Gasteiger partial charge in [-0.15, -0.1) is 0 Å². The Bertz CT molecular complexity index is 359. The highest BCUT2D eigenvalue weighted by molar-refractivity contribution is 5.94. The predicted molar refractivity (Wildman–Crippen MR) is 70.7 cm³/mol. The van der Waals surface area contributed by atoms with Gasteiger partial charge >= 0.3 is 0 Å².